The quantitative estimate of drug-likeness (QED) is 0.556. The van der Waals surface area contributed by atoms with Crippen LogP contribution in [0.15, 0.2) is 47.1 Å². The Morgan fingerprint density at radius 1 is 1.11 bits per heavy atom. The lowest BCUT2D eigenvalue weighted by atomic mass is 10.2. The van der Waals surface area contributed by atoms with Crippen LogP contribution in [-0.4, -0.2) is 36.1 Å². The number of hydrogen-bond acceptors (Lipinski definition) is 4. The standard InChI is InChI=1S/C19H23BrN4O3/c1-13(2)27-18-15(6-4-8-22-18)12-24-19(26)23-10-9-21-17(25)14-5-3-7-16(20)11-14/h3-8,11,13H,9-10,12H2,1-2H3,(H,21,25)(H2,23,24,26). The second kappa shape index (κ2) is 10.5. The molecule has 7 nitrogen and oxygen atoms in total. The van der Waals surface area contributed by atoms with Crippen molar-refractivity contribution in [2.75, 3.05) is 13.1 Å². The summed E-state index contributed by atoms with van der Waals surface area (Å²) in [6, 6.07) is 10.4. The zero-order valence-corrected chi connectivity index (χ0v) is 16.9. The van der Waals surface area contributed by atoms with Gasteiger partial charge in [-0.1, -0.05) is 28.1 Å². The van der Waals surface area contributed by atoms with Crippen LogP contribution in [0.4, 0.5) is 4.79 Å². The Morgan fingerprint density at radius 3 is 2.63 bits per heavy atom. The van der Waals surface area contributed by atoms with Crippen LogP contribution in [0.5, 0.6) is 5.88 Å². The molecule has 0 aliphatic heterocycles. The highest BCUT2D eigenvalue weighted by Crippen LogP contribution is 2.15. The summed E-state index contributed by atoms with van der Waals surface area (Å²) in [4.78, 5) is 28.1. The third-order valence-electron chi connectivity index (χ3n) is 3.42. The first-order chi connectivity index (χ1) is 13.0. The molecule has 0 unspecified atom stereocenters. The SMILES string of the molecule is CC(C)Oc1ncccc1CNC(=O)NCCNC(=O)c1cccc(Br)c1. The number of pyridine rings is 1. The first kappa shape index (κ1) is 20.7. The molecule has 0 radical (unpaired) electrons. The van der Waals surface area contributed by atoms with Gasteiger partial charge in [0.25, 0.3) is 5.91 Å². The molecule has 0 aliphatic rings. The van der Waals surface area contributed by atoms with Crippen LogP contribution in [0.2, 0.25) is 0 Å². The zero-order valence-electron chi connectivity index (χ0n) is 15.3. The summed E-state index contributed by atoms with van der Waals surface area (Å²) >= 11 is 3.33. The molecule has 2 rings (SSSR count). The predicted octanol–water partition coefficient (Wildman–Crippen LogP) is 2.86. The van der Waals surface area contributed by atoms with Gasteiger partial charge in [0.05, 0.1) is 6.10 Å². The average molecular weight is 435 g/mol. The van der Waals surface area contributed by atoms with E-state index in [4.69, 9.17) is 4.74 Å². The number of carbonyl (C=O) groups excluding carboxylic acids is 2. The minimum atomic E-state index is -0.328. The van der Waals surface area contributed by atoms with E-state index in [2.05, 4.69) is 36.9 Å². The van der Waals surface area contributed by atoms with E-state index in [9.17, 15) is 9.59 Å². The van der Waals surface area contributed by atoms with E-state index in [1.54, 1.807) is 30.5 Å². The van der Waals surface area contributed by atoms with Crippen LogP contribution in [0, 0.1) is 0 Å². The van der Waals surface area contributed by atoms with Crippen LogP contribution < -0.4 is 20.7 Å². The van der Waals surface area contributed by atoms with Crippen molar-refractivity contribution >= 4 is 27.9 Å². The molecule has 1 heterocycles. The number of carbonyl (C=O) groups is 2. The Morgan fingerprint density at radius 2 is 1.89 bits per heavy atom. The number of nitrogens with one attached hydrogen (secondary N) is 3. The second-order valence-corrected chi connectivity index (χ2v) is 6.93. The normalized spacial score (nSPS) is 10.4. The molecule has 1 aromatic carbocycles. The van der Waals surface area contributed by atoms with Crippen LogP contribution in [0.1, 0.15) is 29.8 Å². The van der Waals surface area contributed by atoms with E-state index in [0.29, 0.717) is 31.1 Å². The van der Waals surface area contributed by atoms with Gasteiger partial charge in [0, 0.05) is 41.4 Å². The van der Waals surface area contributed by atoms with Gasteiger partial charge in [0.15, 0.2) is 0 Å². The minimum absolute atomic E-state index is 0.00123. The molecule has 0 saturated heterocycles. The Bertz CT molecular complexity index is 783. The van der Waals surface area contributed by atoms with Crippen molar-refractivity contribution in [2.45, 2.75) is 26.5 Å². The first-order valence-corrected chi connectivity index (χ1v) is 9.41. The fraction of sp³-hybridized carbons (Fsp3) is 0.316. The van der Waals surface area contributed by atoms with Gasteiger partial charge in [-0.05, 0) is 38.1 Å². The number of amides is 3. The van der Waals surface area contributed by atoms with Crippen LogP contribution in [-0.2, 0) is 6.54 Å². The van der Waals surface area contributed by atoms with E-state index < -0.39 is 0 Å². The minimum Gasteiger partial charge on any atom is -0.475 e. The maximum Gasteiger partial charge on any atom is 0.315 e. The van der Waals surface area contributed by atoms with E-state index in [1.165, 1.54) is 0 Å². The van der Waals surface area contributed by atoms with E-state index in [0.717, 1.165) is 10.0 Å². The van der Waals surface area contributed by atoms with Gasteiger partial charge in [-0.2, -0.15) is 0 Å². The third-order valence-corrected chi connectivity index (χ3v) is 3.91. The summed E-state index contributed by atoms with van der Waals surface area (Å²) in [6.45, 7) is 4.77. The van der Waals surface area contributed by atoms with Gasteiger partial charge < -0.3 is 20.7 Å². The number of nitrogens with zero attached hydrogens (tertiary/aromatic N) is 1. The van der Waals surface area contributed by atoms with Crippen molar-refractivity contribution in [1.29, 1.82) is 0 Å². The molecule has 27 heavy (non-hydrogen) atoms. The lowest BCUT2D eigenvalue weighted by Crippen LogP contribution is -2.40. The molecule has 8 heteroatoms. The summed E-state index contributed by atoms with van der Waals surface area (Å²) in [5, 5.41) is 8.20. The van der Waals surface area contributed by atoms with Crippen molar-refractivity contribution in [1.82, 2.24) is 20.9 Å². The van der Waals surface area contributed by atoms with Crippen molar-refractivity contribution in [3.8, 4) is 5.88 Å². The lowest BCUT2D eigenvalue weighted by molar-refractivity contribution is 0.0953. The molecule has 2 aromatic rings. The molecule has 0 saturated carbocycles. The number of rotatable bonds is 8. The smallest absolute Gasteiger partial charge is 0.315 e. The predicted molar refractivity (Wildman–Crippen MR) is 107 cm³/mol. The topological polar surface area (TPSA) is 92.3 Å². The Hall–Kier alpha value is -2.61. The van der Waals surface area contributed by atoms with Crippen molar-refractivity contribution in [2.24, 2.45) is 0 Å². The van der Waals surface area contributed by atoms with Crippen molar-refractivity contribution in [3.63, 3.8) is 0 Å². The number of benzene rings is 1. The summed E-state index contributed by atoms with van der Waals surface area (Å²) in [6.07, 6.45) is 1.65. The molecule has 144 valence electrons. The monoisotopic (exact) mass is 434 g/mol. The third kappa shape index (κ3) is 7.26. The van der Waals surface area contributed by atoms with Gasteiger partial charge in [-0.3, -0.25) is 4.79 Å². The summed E-state index contributed by atoms with van der Waals surface area (Å²) in [7, 11) is 0. The van der Waals surface area contributed by atoms with Gasteiger partial charge in [-0.25, -0.2) is 9.78 Å². The fourth-order valence-corrected chi connectivity index (χ4v) is 2.61. The largest absolute Gasteiger partial charge is 0.475 e. The maximum atomic E-state index is 12.0. The first-order valence-electron chi connectivity index (χ1n) is 8.61. The average Bonchev–Trinajstić information content (AvgIpc) is 2.64. The lowest BCUT2D eigenvalue weighted by Gasteiger charge is -2.13. The number of hydrogen-bond donors (Lipinski definition) is 3. The van der Waals surface area contributed by atoms with E-state index in [-0.39, 0.29) is 18.0 Å². The number of halogens is 1. The van der Waals surface area contributed by atoms with Gasteiger partial charge >= 0.3 is 6.03 Å². The number of urea groups is 1. The summed E-state index contributed by atoms with van der Waals surface area (Å²) in [5.74, 6) is 0.318. The van der Waals surface area contributed by atoms with Crippen LogP contribution in [0.3, 0.4) is 0 Å². The highest BCUT2D eigenvalue weighted by atomic mass is 79.9. The second-order valence-electron chi connectivity index (χ2n) is 6.01. The molecule has 0 spiro atoms. The van der Waals surface area contributed by atoms with E-state index in [1.807, 2.05) is 26.0 Å². The molecule has 0 aliphatic carbocycles. The van der Waals surface area contributed by atoms with Gasteiger partial charge in [0.2, 0.25) is 5.88 Å². The highest BCUT2D eigenvalue weighted by Gasteiger charge is 2.09. The molecule has 0 fully saturated rings. The van der Waals surface area contributed by atoms with Gasteiger partial charge in [-0.15, -0.1) is 0 Å². The number of aromatic nitrogens is 1. The Kier molecular flexibility index (Phi) is 8.06. The molecule has 3 N–H and O–H groups in total. The van der Waals surface area contributed by atoms with Crippen LogP contribution >= 0.6 is 15.9 Å². The Balaban J connectivity index is 1.70. The Labute approximate surface area is 167 Å². The molecule has 1 aromatic heterocycles. The molecular weight excluding hydrogens is 412 g/mol. The molecule has 0 atom stereocenters. The van der Waals surface area contributed by atoms with Gasteiger partial charge in [0.1, 0.15) is 0 Å². The van der Waals surface area contributed by atoms with Crippen LogP contribution in [0.25, 0.3) is 0 Å². The van der Waals surface area contributed by atoms with E-state index >= 15 is 0 Å². The van der Waals surface area contributed by atoms with Crippen molar-refractivity contribution < 1.29 is 14.3 Å². The zero-order chi connectivity index (χ0) is 19.6. The molecule has 3 amide bonds. The molecular formula is C19H23BrN4O3. The fourth-order valence-electron chi connectivity index (χ4n) is 2.21. The highest BCUT2D eigenvalue weighted by molar-refractivity contribution is 9.10. The number of ether oxygens (including phenoxy) is 1. The maximum absolute atomic E-state index is 12.0. The summed E-state index contributed by atoms with van der Waals surface area (Å²) < 4.78 is 6.46. The summed E-state index contributed by atoms with van der Waals surface area (Å²) in [5.41, 5.74) is 1.35. The van der Waals surface area contributed by atoms with Crippen molar-refractivity contribution in [3.05, 3.63) is 58.2 Å². The molecule has 0 bridgehead atoms.